The molecule has 3 fully saturated rings. The molecule has 18 atom stereocenters. The number of unbranched alkanes of at least 4 members (excludes halogenated alkanes) is 43. The fourth-order valence-electron chi connectivity index (χ4n) is 14.4. The molecule has 0 aromatic heterocycles. The van der Waals surface area contributed by atoms with Gasteiger partial charge >= 0.3 is 5.97 Å². The highest BCUT2D eigenvalue weighted by atomic mass is 16.8. The third-order valence-electron chi connectivity index (χ3n) is 20.9. The summed E-state index contributed by atoms with van der Waals surface area (Å²) >= 11 is 0. The lowest BCUT2D eigenvalue weighted by Gasteiger charge is -2.50. The zero-order chi connectivity index (χ0) is 75.3. The molecule has 0 aromatic rings. The van der Waals surface area contributed by atoms with Crippen molar-refractivity contribution >= 4 is 17.8 Å². The van der Waals surface area contributed by atoms with Crippen molar-refractivity contribution in [2.45, 2.75) is 439 Å². The number of aliphatic carboxylic acids is 1. The third kappa shape index (κ3) is 39.4. The van der Waals surface area contributed by atoms with E-state index in [2.05, 4.69) is 36.6 Å². The molecule has 0 aromatic carbocycles. The van der Waals surface area contributed by atoms with E-state index < -0.39 is 155 Å². The normalized spacial score (nSPS) is 26.6. The lowest BCUT2D eigenvalue weighted by molar-refractivity contribution is -0.386. The van der Waals surface area contributed by atoms with Gasteiger partial charge in [0, 0.05) is 19.8 Å². The largest absolute Gasteiger partial charge is 0.477 e. The topological polar surface area (TPSA) is 373 Å². The van der Waals surface area contributed by atoms with Gasteiger partial charge in [-0.3, -0.25) is 9.59 Å². The Bertz CT molecular complexity index is 2150. The van der Waals surface area contributed by atoms with E-state index in [0.29, 0.717) is 12.8 Å². The van der Waals surface area contributed by atoms with Gasteiger partial charge < -0.3 is 100 Å². The molecule has 3 aliphatic heterocycles. The van der Waals surface area contributed by atoms with E-state index in [1.165, 1.54) is 238 Å². The molecule has 3 rings (SSSR count). The molecule has 0 bridgehead atoms. The van der Waals surface area contributed by atoms with Crippen LogP contribution in [-0.2, 0) is 42.8 Å². The van der Waals surface area contributed by atoms with Crippen molar-refractivity contribution < 1.29 is 104 Å². The predicted molar refractivity (Wildman–Crippen MR) is 398 cm³/mol. The van der Waals surface area contributed by atoms with Gasteiger partial charge in [-0.25, -0.2) is 4.79 Å². The van der Waals surface area contributed by atoms with E-state index in [1.807, 2.05) is 6.08 Å². The maximum atomic E-state index is 13.5. The van der Waals surface area contributed by atoms with Crippen LogP contribution in [0.15, 0.2) is 24.3 Å². The lowest BCUT2D eigenvalue weighted by atomic mass is 9.88. The Morgan fingerprint density at radius 3 is 1.32 bits per heavy atom. The van der Waals surface area contributed by atoms with Crippen LogP contribution in [0, 0.1) is 0 Å². The summed E-state index contributed by atoms with van der Waals surface area (Å²) in [7, 11) is 0. The molecule has 14 N–H and O–H groups in total. The van der Waals surface area contributed by atoms with Gasteiger partial charge in [0.15, 0.2) is 12.6 Å². The number of carboxylic acid groups (broad SMARTS) is 1. The minimum Gasteiger partial charge on any atom is -0.477 e. The number of amides is 2. The highest BCUT2D eigenvalue weighted by Gasteiger charge is 2.60. The fourth-order valence-corrected chi connectivity index (χ4v) is 14.4. The SMILES string of the molecule is CCCCCCCCCCCCCC/C=C\CCCCCCCCCCCCCCC(=O)NC(COC1OC(CO)C(OC2OC(CO)C(O)C(OC3(C(=O)O)CC(O)C(NC(C)=O)C(C(O)C(O)CO)O3)C2O)C(O)C1O)C(O)/C=C/CCCCCCCCCCCCCCCCCCCCC. The first-order valence-electron chi connectivity index (χ1n) is 41.2. The quantitative estimate of drug-likeness (QED) is 0.0199. The number of carbonyl (C=O) groups excluding carboxylic acids is 2. The summed E-state index contributed by atoms with van der Waals surface area (Å²) in [6, 6.07) is -2.62. The van der Waals surface area contributed by atoms with Gasteiger partial charge in [0.25, 0.3) is 5.79 Å². The molecular formula is C80H148N2O21. The number of aliphatic hydroxyl groups is 11. The fraction of sp³-hybridized carbons (Fsp3) is 0.912. The number of hydrogen-bond acceptors (Lipinski definition) is 20. The van der Waals surface area contributed by atoms with Gasteiger partial charge in [0.2, 0.25) is 11.8 Å². The van der Waals surface area contributed by atoms with Crippen LogP contribution in [0.1, 0.15) is 329 Å². The average Bonchev–Trinajstić information content (AvgIpc) is 0.755. The Morgan fingerprint density at radius 1 is 0.505 bits per heavy atom. The van der Waals surface area contributed by atoms with Crippen molar-refractivity contribution in [3.8, 4) is 0 Å². The molecule has 0 spiro atoms. The number of rotatable bonds is 65. The number of allylic oxidation sites excluding steroid dienone is 3. The monoisotopic (exact) mass is 1470 g/mol. The van der Waals surface area contributed by atoms with Crippen molar-refractivity contribution in [2.75, 3.05) is 26.4 Å². The summed E-state index contributed by atoms with van der Waals surface area (Å²) in [5, 5.41) is 136. The molecule has 18 unspecified atom stereocenters. The van der Waals surface area contributed by atoms with Gasteiger partial charge in [-0.05, 0) is 44.9 Å². The highest BCUT2D eigenvalue weighted by molar-refractivity contribution is 5.77. The Labute approximate surface area is 619 Å². The zero-order valence-corrected chi connectivity index (χ0v) is 63.9. The van der Waals surface area contributed by atoms with E-state index in [1.54, 1.807) is 6.08 Å². The summed E-state index contributed by atoms with van der Waals surface area (Å²) in [6.07, 6.45) is 36.4. The number of carbonyl (C=O) groups is 3. The smallest absolute Gasteiger partial charge is 0.364 e. The Morgan fingerprint density at radius 2 is 0.913 bits per heavy atom. The van der Waals surface area contributed by atoms with Gasteiger partial charge in [-0.1, -0.05) is 289 Å². The van der Waals surface area contributed by atoms with Crippen molar-refractivity contribution in [1.82, 2.24) is 10.6 Å². The summed E-state index contributed by atoms with van der Waals surface area (Å²) < 4.78 is 34.9. The first kappa shape index (κ1) is 94.4. The Balaban J connectivity index is 1.51. The number of nitrogens with one attached hydrogen (secondary N) is 2. The number of hydrogen-bond donors (Lipinski definition) is 14. The van der Waals surface area contributed by atoms with Crippen molar-refractivity contribution in [3.05, 3.63) is 24.3 Å². The molecule has 23 nitrogen and oxygen atoms in total. The Kier molecular flexibility index (Phi) is 54.2. The zero-order valence-electron chi connectivity index (χ0n) is 63.9. The molecule has 2 amide bonds. The molecule has 23 heteroatoms. The van der Waals surface area contributed by atoms with E-state index in [9.17, 15) is 75.7 Å². The Hall–Kier alpha value is -2.79. The van der Waals surface area contributed by atoms with E-state index >= 15 is 0 Å². The predicted octanol–water partition coefficient (Wildman–Crippen LogP) is 11.1. The van der Waals surface area contributed by atoms with E-state index in [4.69, 9.17) is 28.4 Å². The second kappa shape index (κ2) is 59.1. The first-order chi connectivity index (χ1) is 49.9. The molecule has 0 aliphatic carbocycles. The number of ether oxygens (including phenoxy) is 6. The standard InChI is InChI=1S/C80H148N2O21/c1-4-6-8-10-12-14-16-18-20-22-24-26-27-28-29-30-31-32-34-36-38-40-42-44-46-48-50-52-54-67(90)82-61(62(87)53-51-49-47-45-43-41-39-37-35-33-25-23-21-19-17-15-13-11-9-7-5-2)59-98-77-72(94)71(93)74(66(58-85)100-77)101-78-73(95)76(70(92)65(57-84)99-78)103-80(79(96)97)55-63(88)68(81-60(3)86)75(102-80)69(91)64(89)56-83/h28-29,51,53,61-66,68-78,83-85,87-89,91-95H,4-27,30-50,52,54-59H2,1-3H3,(H,81,86)(H,82,90)(H,96,97)/b29-28-,53-51+. The molecule has 3 heterocycles. The second-order valence-corrected chi connectivity index (χ2v) is 30.0. The summed E-state index contributed by atoms with van der Waals surface area (Å²) in [5.74, 6) is -6.14. The van der Waals surface area contributed by atoms with Crippen molar-refractivity contribution in [2.24, 2.45) is 0 Å². The van der Waals surface area contributed by atoms with Gasteiger partial charge in [0.05, 0.1) is 50.7 Å². The third-order valence-corrected chi connectivity index (χ3v) is 20.9. The van der Waals surface area contributed by atoms with Crippen LogP contribution < -0.4 is 10.6 Å². The summed E-state index contributed by atoms with van der Waals surface area (Å²) in [4.78, 5) is 38.7. The van der Waals surface area contributed by atoms with Gasteiger partial charge in [0.1, 0.15) is 67.1 Å². The molecule has 103 heavy (non-hydrogen) atoms. The maximum Gasteiger partial charge on any atom is 0.364 e. The molecule has 604 valence electrons. The first-order valence-corrected chi connectivity index (χ1v) is 41.2. The molecule has 0 radical (unpaired) electrons. The van der Waals surface area contributed by atoms with Gasteiger partial charge in [-0.2, -0.15) is 0 Å². The lowest BCUT2D eigenvalue weighted by Crippen LogP contribution is -2.70. The molecule has 3 saturated heterocycles. The van der Waals surface area contributed by atoms with Crippen LogP contribution in [0.4, 0.5) is 0 Å². The van der Waals surface area contributed by atoms with Crippen molar-refractivity contribution in [1.29, 1.82) is 0 Å². The average molecular weight is 1470 g/mol. The van der Waals surface area contributed by atoms with Crippen molar-refractivity contribution in [3.63, 3.8) is 0 Å². The number of aliphatic hydroxyl groups excluding tert-OH is 11. The molecule has 3 aliphatic rings. The van der Waals surface area contributed by atoms with Crippen LogP contribution in [0.2, 0.25) is 0 Å². The van der Waals surface area contributed by atoms with Crippen LogP contribution in [0.3, 0.4) is 0 Å². The second-order valence-electron chi connectivity index (χ2n) is 30.0. The number of carboxylic acids is 1. The molecular weight excluding hydrogens is 1320 g/mol. The van der Waals surface area contributed by atoms with E-state index in [0.717, 1.165) is 51.9 Å². The van der Waals surface area contributed by atoms with Crippen LogP contribution in [-0.4, -0.2) is 215 Å². The minimum atomic E-state index is -3.08. The van der Waals surface area contributed by atoms with Gasteiger partial charge in [-0.15, -0.1) is 0 Å². The van der Waals surface area contributed by atoms with E-state index in [-0.39, 0.29) is 12.3 Å². The minimum absolute atomic E-state index is 0.202. The van der Waals surface area contributed by atoms with Crippen LogP contribution in [0.5, 0.6) is 0 Å². The van der Waals surface area contributed by atoms with Crippen LogP contribution in [0.25, 0.3) is 0 Å². The highest BCUT2D eigenvalue weighted by Crippen LogP contribution is 2.39. The summed E-state index contributed by atoms with van der Waals surface area (Å²) in [5.41, 5.74) is 0. The maximum absolute atomic E-state index is 13.5. The van der Waals surface area contributed by atoms with Crippen LogP contribution >= 0.6 is 0 Å². The summed E-state index contributed by atoms with van der Waals surface area (Å²) in [6.45, 7) is 2.19. The molecule has 0 saturated carbocycles.